The number of rotatable bonds is 4. The van der Waals surface area contributed by atoms with Gasteiger partial charge in [-0.25, -0.2) is 14.6 Å². The molecule has 1 aromatic rings. The fourth-order valence-corrected chi connectivity index (χ4v) is 4.31. The van der Waals surface area contributed by atoms with Crippen LogP contribution in [0.15, 0.2) is 24.4 Å². The van der Waals surface area contributed by atoms with Crippen LogP contribution in [0.3, 0.4) is 0 Å². The molecule has 3 aliphatic rings. The Labute approximate surface area is 197 Å². The number of ether oxygens (including phenoxy) is 1. The van der Waals surface area contributed by atoms with E-state index >= 15 is 0 Å². The average molecular weight is 515 g/mol. The number of carboxylic acids is 2. The number of halogens is 6. The zero-order chi connectivity index (χ0) is 26.2. The van der Waals surface area contributed by atoms with Crippen LogP contribution in [0.25, 0.3) is 0 Å². The fraction of sp³-hybridized carbons (Fsp3) is 0.667. The van der Waals surface area contributed by atoms with E-state index in [4.69, 9.17) is 24.5 Å². The first-order chi connectivity index (χ1) is 16.3. The molecule has 3 heterocycles. The van der Waals surface area contributed by atoms with Crippen molar-refractivity contribution >= 4 is 17.8 Å². The van der Waals surface area contributed by atoms with Crippen LogP contribution >= 0.6 is 0 Å². The van der Waals surface area contributed by atoms with Crippen LogP contribution in [-0.4, -0.2) is 82.8 Å². The number of aliphatic carboxylic acids is 2. The molecule has 14 heteroatoms. The Morgan fingerprint density at radius 1 is 1.03 bits per heavy atom. The molecule has 1 aliphatic carbocycles. The molecule has 0 aromatic carbocycles. The number of anilines is 1. The van der Waals surface area contributed by atoms with Crippen LogP contribution in [0.2, 0.25) is 0 Å². The van der Waals surface area contributed by atoms with E-state index in [1.165, 1.54) is 32.2 Å². The highest BCUT2D eigenvalue weighted by molar-refractivity contribution is 5.73. The van der Waals surface area contributed by atoms with Gasteiger partial charge in [-0.1, -0.05) is 18.9 Å². The summed E-state index contributed by atoms with van der Waals surface area (Å²) in [4.78, 5) is 24.8. The van der Waals surface area contributed by atoms with E-state index in [0.29, 0.717) is 17.9 Å². The SMILES string of the molecule is O=C(O)C(F)(F)F.O=C(O)C(F)(F)F.c1ccc(NC[C@H]2CO[C@@H]3CN(C4CCCC4)C[C@H]23)nc1. The van der Waals surface area contributed by atoms with Crippen molar-refractivity contribution in [1.29, 1.82) is 0 Å². The van der Waals surface area contributed by atoms with Gasteiger partial charge in [-0.15, -0.1) is 0 Å². The molecule has 2 saturated heterocycles. The molecule has 2 aliphatic heterocycles. The molecule has 198 valence electrons. The summed E-state index contributed by atoms with van der Waals surface area (Å²) in [6, 6.07) is 6.85. The third-order valence-electron chi connectivity index (χ3n) is 6.00. The van der Waals surface area contributed by atoms with Crippen LogP contribution in [-0.2, 0) is 14.3 Å². The minimum atomic E-state index is -5.08. The summed E-state index contributed by atoms with van der Waals surface area (Å²) >= 11 is 0. The van der Waals surface area contributed by atoms with E-state index < -0.39 is 24.3 Å². The Balaban J connectivity index is 0.000000257. The second kappa shape index (κ2) is 12.4. The minimum absolute atomic E-state index is 0.473. The Bertz CT molecular complexity index is 794. The molecule has 1 saturated carbocycles. The van der Waals surface area contributed by atoms with Gasteiger partial charge < -0.3 is 20.3 Å². The van der Waals surface area contributed by atoms with Gasteiger partial charge >= 0.3 is 24.3 Å². The lowest BCUT2D eigenvalue weighted by Gasteiger charge is -2.25. The number of carbonyl (C=O) groups is 2. The molecule has 0 bridgehead atoms. The molecule has 3 atom stereocenters. The number of carboxylic acid groups (broad SMARTS) is 2. The van der Waals surface area contributed by atoms with Crippen molar-refractivity contribution in [3.63, 3.8) is 0 Å². The maximum Gasteiger partial charge on any atom is 0.490 e. The second-order valence-electron chi connectivity index (χ2n) is 8.39. The smallest absolute Gasteiger partial charge is 0.475 e. The number of hydrogen-bond acceptors (Lipinski definition) is 6. The highest BCUT2D eigenvalue weighted by Crippen LogP contribution is 2.37. The van der Waals surface area contributed by atoms with Gasteiger partial charge in [-0.2, -0.15) is 26.3 Å². The standard InChI is InChI=1S/C17H25N3O.2C2HF3O2/c1-2-6-14(5-1)20-10-15-13(12-21-16(15)11-20)9-19-17-7-3-4-8-18-17;2*3-2(4,5)1(6)7/h3-4,7-8,13-16H,1-2,5-6,9-12H2,(H,18,19);2*(H,6,7)/t13-,15+,16+;;/m0../s1. The molecule has 35 heavy (non-hydrogen) atoms. The first-order valence-corrected chi connectivity index (χ1v) is 10.9. The number of alkyl halides is 6. The number of nitrogens with one attached hydrogen (secondary N) is 1. The number of hydrogen-bond donors (Lipinski definition) is 3. The van der Waals surface area contributed by atoms with Crippen molar-refractivity contribution in [3.8, 4) is 0 Å². The van der Waals surface area contributed by atoms with E-state index in [9.17, 15) is 26.3 Å². The van der Waals surface area contributed by atoms with Crippen molar-refractivity contribution in [2.75, 3.05) is 31.6 Å². The fourth-order valence-electron chi connectivity index (χ4n) is 4.31. The van der Waals surface area contributed by atoms with Gasteiger partial charge in [0.25, 0.3) is 0 Å². The first-order valence-electron chi connectivity index (χ1n) is 10.9. The monoisotopic (exact) mass is 515 g/mol. The quantitative estimate of drug-likeness (QED) is 0.522. The Hall–Kier alpha value is -2.61. The molecule has 1 aromatic heterocycles. The highest BCUT2D eigenvalue weighted by atomic mass is 19.4. The average Bonchev–Trinajstić information content (AvgIpc) is 3.50. The summed E-state index contributed by atoms with van der Waals surface area (Å²) in [5.41, 5.74) is 0. The van der Waals surface area contributed by atoms with Gasteiger partial charge in [0, 0.05) is 43.7 Å². The van der Waals surface area contributed by atoms with Gasteiger partial charge in [0.05, 0.1) is 12.7 Å². The molecular weight excluding hydrogens is 488 g/mol. The molecule has 4 rings (SSSR count). The van der Waals surface area contributed by atoms with E-state index in [0.717, 1.165) is 31.6 Å². The van der Waals surface area contributed by atoms with Crippen LogP contribution in [0.5, 0.6) is 0 Å². The predicted molar refractivity (Wildman–Crippen MR) is 111 cm³/mol. The second-order valence-corrected chi connectivity index (χ2v) is 8.39. The lowest BCUT2D eigenvalue weighted by atomic mass is 9.93. The molecule has 0 radical (unpaired) electrons. The number of pyridine rings is 1. The molecule has 0 spiro atoms. The van der Waals surface area contributed by atoms with Crippen molar-refractivity contribution in [2.24, 2.45) is 11.8 Å². The maximum absolute atomic E-state index is 10.6. The highest BCUT2D eigenvalue weighted by Gasteiger charge is 2.45. The van der Waals surface area contributed by atoms with Gasteiger partial charge in [0.2, 0.25) is 0 Å². The number of likely N-dealkylation sites (tertiary alicyclic amines) is 1. The summed E-state index contributed by atoms with van der Waals surface area (Å²) in [5.74, 6) is -3.20. The number of nitrogens with zero attached hydrogens (tertiary/aromatic N) is 2. The molecule has 8 nitrogen and oxygen atoms in total. The van der Waals surface area contributed by atoms with Crippen molar-refractivity contribution < 1.29 is 50.9 Å². The summed E-state index contributed by atoms with van der Waals surface area (Å²) in [7, 11) is 0. The third kappa shape index (κ3) is 9.17. The summed E-state index contributed by atoms with van der Waals surface area (Å²) < 4.78 is 69.5. The minimum Gasteiger partial charge on any atom is -0.475 e. The normalized spacial score (nSPS) is 24.6. The Morgan fingerprint density at radius 2 is 1.60 bits per heavy atom. The van der Waals surface area contributed by atoms with Crippen LogP contribution in [0.4, 0.5) is 32.2 Å². The lowest BCUT2D eigenvalue weighted by molar-refractivity contribution is -0.193. The zero-order valence-corrected chi connectivity index (χ0v) is 18.6. The Morgan fingerprint density at radius 3 is 2.09 bits per heavy atom. The van der Waals surface area contributed by atoms with Crippen molar-refractivity contribution in [3.05, 3.63) is 24.4 Å². The largest absolute Gasteiger partial charge is 0.490 e. The lowest BCUT2D eigenvalue weighted by Crippen LogP contribution is -2.34. The van der Waals surface area contributed by atoms with E-state index in [1.807, 2.05) is 24.4 Å². The predicted octanol–water partition coefficient (Wildman–Crippen LogP) is 3.65. The number of aromatic nitrogens is 1. The summed E-state index contributed by atoms with van der Waals surface area (Å²) in [6.45, 7) is 4.30. The molecule has 0 amide bonds. The van der Waals surface area contributed by atoms with Crippen molar-refractivity contribution in [2.45, 2.75) is 50.2 Å². The molecular formula is C21H27F6N3O5. The molecule has 3 fully saturated rings. The zero-order valence-electron chi connectivity index (χ0n) is 18.6. The van der Waals surface area contributed by atoms with Gasteiger partial charge in [0.1, 0.15) is 5.82 Å². The van der Waals surface area contributed by atoms with Crippen molar-refractivity contribution in [1.82, 2.24) is 9.88 Å². The molecule has 3 N–H and O–H groups in total. The number of fused-ring (bicyclic) bond motifs is 1. The topological polar surface area (TPSA) is 112 Å². The summed E-state index contributed by atoms with van der Waals surface area (Å²) in [5, 5.41) is 17.7. The van der Waals surface area contributed by atoms with Crippen LogP contribution < -0.4 is 5.32 Å². The van der Waals surface area contributed by atoms with Gasteiger partial charge in [-0.3, -0.25) is 4.90 Å². The van der Waals surface area contributed by atoms with Crippen LogP contribution in [0.1, 0.15) is 25.7 Å². The van der Waals surface area contributed by atoms with E-state index in [1.54, 1.807) is 0 Å². The first kappa shape index (κ1) is 28.6. The van der Waals surface area contributed by atoms with E-state index in [-0.39, 0.29) is 0 Å². The molecule has 0 unspecified atom stereocenters. The van der Waals surface area contributed by atoms with Gasteiger partial charge in [-0.05, 0) is 25.0 Å². The van der Waals surface area contributed by atoms with Crippen LogP contribution in [0, 0.1) is 11.8 Å². The van der Waals surface area contributed by atoms with E-state index in [2.05, 4.69) is 15.2 Å². The van der Waals surface area contributed by atoms with Gasteiger partial charge in [0.15, 0.2) is 0 Å². The Kier molecular flexibility index (Phi) is 10.1. The third-order valence-corrected chi connectivity index (χ3v) is 6.00. The summed E-state index contributed by atoms with van der Waals surface area (Å²) in [6.07, 6.45) is -2.22. The maximum atomic E-state index is 10.6.